The summed E-state index contributed by atoms with van der Waals surface area (Å²) >= 11 is 0. The van der Waals surface area contributed by atoms with Crippen LogP contribution in [0.4, 0.5) is 0 Å². The number of ether oxygens (including phenoxy) is 1. The molecule has 88 valence electrons. The van der Waals surface area contributed by atoms with E-state index in [0.717, 1.165) is 38.8 Å². The predicted octanol–water partition coefficient (Wildman–Crippen LogP) is 0.971. The summed E-state index contributed by atoms with van der Waals surface area (Å²) in [5.41, 5.74) is 0. The van der Waals surface area contributed by atoms with E-state index in [4.69, 9.17) is 4.74 Å². The van der Waals surface area contributed by atoms with Crippen molar-refractivity contribution < 1.29 is 9.53 Å². The van der Waals surface area contributed by atoms with E-state index in [9.17, 15) is 4.79 Å². The molecule has 0 spiro atoms. The summed E-state index contributed by atoms with van der Waals surface area (Å²) in [6.07, 6.45) is 4.55. The average Bonchev–Trinajstić information content (AvgIpc) is 2.60. The van der Waals surface area contributed by atoms with Crippen molar-refractivity contribution in [1.82, 2.24) is 10.2 Å². The number of methoxy groups -OCH3 is 1. The van der Waals surface area contributed by atoms with Gasteiger partial charge in [-0.25, -0.2) is 0 Å². The Labute approximate surface area is 92.0 Å². The number of rotatable bonds is 7. The molecule has 1 aliphatic heterocycles. The van der Waals surface area contributed by atoms with Crippen LogP contribution in [0, 0.1) is 0 Å². The molecule has 1 aliphatic rings. The van der Waals surface area contributed by atoms with Crippen LogP contribution in [0.25, 0.3) is 0 Å². The zero-order valence-electron chi connectivity index (χ0n) is 9.79. The van der Waals surface area contributed by atoms with Crippen LogP contribution >= 0.6 is 0 Å². The molecule has 0 aromatic heterocycles. The molecule has 1 amide bonds. The van der Waals surface area contributed by atoms with E-state index in [2.05, 4.69) is 12.2 Å². The molecule has 0 aromatic rings. The molecule has 0 aliphatic carbocycles. The van der Waals surface area contributed by atoms with Gasteiger partial charge in [0, 0.05) is 20.3 Å². The number of amides is 1. The number of hydrogen-bond donors (Lipinski definition) is 1. The first-order valence-electron chi connectivity index (χ1n) is 5.81. The minimum absolute atomic E-state index is 0.244. The highest BCUT2D eigenvalue weighted by Crippen LogP contribution is 2.10. The second kappa shape index (κ2) is 6.80. The van der Waals surface area contributed by atoms with E-state index in [1.807, 2.05) is 4.90 Å². The van der Waals surface area contributed by atoms with Gasteiger partial charge in [-0.05, 0) is 25.7 Å². The maximum absolute atomic E-state index is 11.5. The van der Waals surface area contributed by atoms with Gasteiger partial charge < -0.3 is 9.64 Å². The van der Waals surface area contributed by atoms with Crippen LogP contribution in [0.3, 0.4) is 0 Å². The third kappa shape index (κ3) is 3.80. The highest BCUT2D eigenvalue weighted by atomic mass is 16.5. The van der Waals surface area contributed by atoms with Crippen LogP contribution in [0.15, 0.2) is 0 Å². The molecule has 4 heteroatoms. The van der Waals surface area contributed by atoms with Gasteiger partial charge in [-0.15, -0.1) is 0 Å². The lowest BCUT2D eigenvalue weighted by molar-refractivity contribution is -0.128. The molecule has 0 aromatic carbocycles. The van der Waals surface area contributed by atoms with Crippen LogP contribution in [-0.2, 0) is 9.53 Å². The molecule has 0 saturated carbocycles. The molecule has 1 unspecified atom stereocenters. The summed E-state index contributed by atoms with van der Waals surface area (Å²) in [5.74, 6) is 0.244. The van der Waals surface area contributed by atoms with Crippen LogP contribution < -0.4 is 5.32 Å². The van der Waals surface area contributed by atoms with Crippen LogP contribution in [-0.4, -0.2) is 43.8 Å². The van der Waals surface area contributed by atoms with Crippen molar-refractivity contribution in [2.24, 2.45) is 0 Å². The Morgan fingerprint density at radius 3 is 2.93 bits per heavy atom. The van der Waals surface area contributed by atoms with E-state index < -0.39 is 0 Å². The Hall–Kier alpha value is -0.610. The van der Waals surface area contributed by atoms with Crippen molar-refractivity contribution in [3.63, 3.8) is 0 Å². The fourth-order valence-electron chi connectivity index (χ4n) is 1.94. The minimum atomic E-state index is 0.244. The van der Waals surface area contributed by atoms with E-state index in [1.54, 1.807) is 7.11 Å². The molecule has 0 bridgehead atoms. The summed E-state index contributed by atoms with van der Waals surface area (Å²) < 4.78 is 4.98. The highest BCUT2D eigenvalue weighted by Gasteiger charge is 2.27. The van der Waals surface area contributed by atoms with Crippen LogP contribution in [0.1, 0.15) is 32.6 Å². The molecular formula is C11H22N2O2. The van der Waals surface area contributed by atoms with Gasteiger partial charge >= 0.3 is 0 Å². The van der Waals surface area contributed by atoms with Crippen LogP contribution in [0.2, 0.25) is 0 Å². The lowest BCUT2D eigenvalue weighted by Gasteiger charge is -2.23. The quantitative estimate of drug-likeness (QED) is 0.642. The van der Waals surface area contributed by atoms with E-state index in [0.29, 0.717) is 6.54 Å². The number of hydrogen-bond acceptors (Lipinski definition) is 3. The fraction of sp³-hybridized carbons (Fsp3) is 0.909. The Bertz CT molecular complexity index is 197. The van der Waals surface area contributed by atoms with Crippen molar-refractivity contribution in [3.05, 3.63) is 0 Å². The average molecular weight is 214 g/mol. The maximum Gasteiger partial charge on any atom is 0.237 e. The SMILES string of the molecule is CCC1NCC(=O)N1CCCCCOC. The molecule has 1 rings (SSSR count). The normalized spacial score (nSPS) is 21.3. The van der Waals surface area contributed by atoms with Gasteiger partial charge in [0.2, 0.25) is 5.91 Å². The number of carbonyl (C=O) groups excluding carboxylic acids is 1. The molecule has 1 saturated heterocycles. The van der Waals surface area contributed by atoms with Crippen molar-refractivity contribution in [2.75, 3.05) is 26.8 Å². The first-order chi connectivity index (χ1) is 7.29. The summed E-state index contributed by atoms with van der Waals surface area (Å²) in [4.78, 5) is 13.5. The second-order valence-electron chi connectivity index (χ2n) is 3.95. The smallest absolute Gasteiger partial charge is 0.237 e. The van der Waals surface area contributed by atoms with Gasteiger partial charge in [-0.3, -0.25) is 10.1 Å². The van der Waals surface area contributed by atoms with E-state index in [-0.39, 0.29) is 12.1 Å². The molecule has 4 nitrogen and oxygen atoms in total. The Balaban J connectivity index is 2.15. The van der Waals surface area contributed by atoms with Crippen molar-refractivity contribution in [3.8, 4) is 0 Å². The Morgan fingerprint density at radius 1 is 1.47 bits per heavy atom. The zero-order valence-corrected chi connectivity index (χ0v) is 9.79. The Kier molecular flexibility index (Phi) is 5.65. The molecule has 1 atom stereocenters. The lowest BCUT2D eigenvalue weighted by atomic mass is 10.2. The molecule has 1 N–H and O–H groups in total. The fourth-order valence-corrected chi connectivity index (χ4v) is 1.94. The lowest BCUT2D eigenvalue weighted by Crippen LogP contribution is -2.37. The van der Waals surface area contributed by atoms with Crippen molar-refractivity contribution >= 4 is 5.91 Å². The second-order valence-corrected chi connectivity index (χ2v) is 3.95. The molecule has 0 radical (unpaired) electrons. The van der Waals surface area contributed by atoms with Crippen LogP contribution in [0.5, 0.6) is 0 Å². The first-order valence-corrected chi connectivity index (χ1v) is 5.81. The highest BCUT2D eigenvalue weighted by molar-refractivity contribution is 5.80. The molecule has 1 fully saturated rings. The van der Waals surface area contributed by atoms with Crippen molar-refractivity contribution in [2.45, 2.75) is 38.8 Å². The van der Waals surface area contributed by atoms with E-state index in [1.165, 1.54) is 0 Å². The van der Waals surface area contributed by atoms with Gasteiger partial charge in [0.1, 0.15) is 0 Å². The summed E-state index contributed by atoms with van der Waals surface area (Å²) in [5, 5.41) is 3.21. The predicted molar refractivity (Wildman–Crippen MR) is 59.5 cm³/mol. The number of nitrogens with zero attached hydrogens (tertiary/aromatic N) is 1. The van der Waals surface area contributed by atoms with Gasteiger partial charge in [0.15, 0.2) is 0 Å². The van der Waals surface area contributed by atoms with Gasteiger partial charge in [-0.1, -0.05) is 6.92 Å². The minimum Gasteiger partial charge on any atom is -0.385 e. The topological polar surface area (TPSA) is 41.6 Å². The monoisotopic (exact) mass is 214 g/mol. The molecule has 15 heavy (non-hydrogen) atoms. The largest absolute Gasteiger partial charge is 0.385 e. The summed E-state index contributed by atoms with van der Waals surface area (Å²) in [6, 6.07) is 0. The van der Waals surface area contributed by atoms with Gasteiger partial charge in [-0.2, -0.15) is 0 Å². The van der Waals surface area contributed by atoms with E-state index >= 15 is 0 Å². The van der Waals surface area contributed by atoms with Crippen molar-refractivity contribution in [1.29, 1.82) is 0 Å². The third-order valence-corrected chi connectivity index (χ3v) is 2.82. The maximum atomic E-state index is 11.5. The molecular weight excluding hydrogens is 192 g/mol. The standard InChI is InChI=1S/C11H22N2O2/c1-3-10-12-9-11(14)13(10)7-5-4-6-8-15-2/h10,12H,3-9H2,1-2H3. The first kappa shape index (κ1) is 12.5. The van der Waals surface area contributed by atoms with Gasteiger partial charge in [0.25, 0.3) is 0 Å². The number of unbranched alkanes of at least 4 members (excludes halogenated alkanes) is 2. The summed E-state index contributed by atoms with van der Waals surface area (Å²) in [7, 11) is 1.72. The zero-order chi connectivity index (χ0) is 11.1. The number of nitrogens with one attached hydrogen (secondary N) is 1. The number of carbonyl (C=O) groups is 1. The Morgan fingerprint density at radius 2 is 2.27 bits per heavy atom. The summed E-state index contributed by atoms with van der Waals surface area (Å²) in [6.45, 7) is 4.32. The third-order valence-electron chi connectivity index (χ3n) is 2.82. The molecule has 1 heterocycles. The van der Waals surface area contributed by atoms with Gasteiger partial charge in [0.05, 0.1) is 12.7 Å².